The van der Waals surface area contributed by atoms with E-state index in [1.165, 1.54) is 28.4 Å². The van der Waals surface area contributed by atoms with Gasteiger partial charge in [0.1, 0.15) is 11.4 Å². The van der Waals surface area contributed by atoms with Crippen molar-refractivity contribution in [2.45, 2.75) is 57.9 Å². The van der Waals surface area contributed by atoms with E-state index in [1.54, 1.807) is 39.0 Å². The van der Waals surface area contributed by atoms with Crippen LogP contribution in [0.15, 0.2) is 40.9 Å². The predicted molar refractivity (Wildman–Crippen MR) is 194 cm³/mol. The molecule has 2 unspecified atom stereocenters. The summed E-state index contributed by atoms with van der Waals surface area (Å²) in [5, 5.41) is 23.2. The second-order valence-corrected chi connectivity index (χ2v) is 15.2. The molecule has 0 aliphatic carbocycles. The van der Waals surface area contributed by atoms with Crippen molar-refractivity contribution in [1.29, 1.82) is 0 Å². The maximum absolute atomic E-state index is 13.9. The molecule has 1 saturated heterocycles. The Hall–Kier alpha value is -3.06. The summed E-state index contributed by atoms with van der Waals surface area (Å²) in [6.45, 7) is 8.32. The van der Waals surface area contributed by atoms with Gasteiger partial charge in [-0.3, -0.25) is 4.90 Å². The number of ether oxygens (including phenoxy) is 3. The number of aliphatic hydroxyl groups is 1. The minimum atomic E-state index is -4.47. The van der Waals surface area contributed by atoms with E-state index in [-0.39, 0.29) is 47.9 Å². The molecule has 50 heavy (non-hydrogen) atoms. The van der Waals surface area contributed by atoms with Crippen molar-refractivity contribution >= 4 is 54.8 Å². The summed E-state index contributed by atoms with van der Waals surface area (Å²) in [6, 6.07) is 9.90. The Morgan fingerprint density at radius 3 is 2.56 bits per heavy atom. The lowest BCUT2D eigenvalue weighted by Crippen LogP contribution is -2.45. The van der Waals surface area contributed by atoms with Gasteiger partial charge >= 0.3 is 12.3 Å². The van der Waals surface area contributed by atoms with Crippen LogP contribution >= 0.6 is 27.3 Å². The zero-order valence-electron chi connectivity index (χ0n) is 28.7. The van der Waals surface area contributed by atoms with Gasteiger partial charge in [-0.2, -0.15) is 13.2 Å². The number of amides is 1. The first-order valence-corrected chi connectivity index (χ1v) is 18.1. The highest BCUT2D eigenvalue weighted by atomic mass is 79.9. The number of phenolic OH excluding ortho intramolecular Hbond substituents is 1. The number of nitrogens with zero attached hydrogens (tertiary/aromatic N) is 2. The van der Waals surface area contributed by atoms with Crippen molar-refractivity contribution in [2.24, 2.45) is 5.92 Å². The monoisotopic (exact) mass is 783 g/mol. The number of likely N-dealkylation sites (tertiary alicyclic amines) is 1. The number of carbonyl (C=O) groups excluding carboxylic acids is 1. The van der Waals surface area contributed by atoms with Crippen LogP contribution in [0.3, 0.4) is 0 Å². The van der Waals surface area contributed by atoms with Crippen LogP contribution in [0.5, 0.6) is 5.75 Å². The highest BCUT2D eigenvalue weighted by molar-refractivity contribution is 9.10. The molecule has 1 aromatic heterocycles. The number of fused-ring (bicyclic) bond motifs is 1. The molecule has 3 N–H and O–H groups in total. The fourth-order valence-corrected chi connectivity index (χ4v) is 7.41. The Kier molecular flexibility index (Phi) is 14.2. The van der Waals surface area contributed by atoms with Gasteiger partial charge in [-0.25, -0.2) is 4.79 Å². The lowest BCUT2D eigenvalue weighted by molar-refractivity contribution is -0.126. The lowest BCUT2D eigenvalue weighted by atomic mass is 9.89. The summed E-state index contributed by atoms with van der Waals surface area (Å²) in [4.78, 5) is 17.0. The first-order valence-electron chi connectivity index (χ1n) is 16.4. The summed E-state index contributed by atoms with van der Waals surface area (Å²) in [6.07, 6.45) is -4.67. The smallest absolute Gasteiger partial charge is 0.415 e. The molecule has 274 valence electrons. The lowest BCUT2D eigenvalue weighted by Gasteiger charge is -2.38. The minimum absolute atomic E-state index is 0.0318. The molecule has 9 nitrogen and oxygen atoms in total. The Labute approximate surface area is 303 Å². The third-order valence-corrected chi connectivity index (χ3v) is 9.60. The molecule has 1 fully saturated rings. The molecule has 3 aromatic rings. The first kappa shape index (κ1) is 39.7. The Balaban J connectivity index is 1.61. The molecule has 2 aromatic carbocycles. The molecular weight excluding hydrogens is 739 g/mol. The van der Waals surface area contributed by atoms with Gasteiger partial charge in [0.15, 0.2) is 0 Å². The number of rotatable bonds is 13. The average Bonchev–Trinajstić information content (AvgIpc) is 3.35. The summed E-state index contributed by atoms with van der Waals surface area (Å²) in [5.41, 5.74) is 0.337. The molecule has 14 heteroatoms. The number of thiophene rings is 1. The average molecular weight is 785 g/mol. The molecule has 0 saturated carbocycles. The van der Waals surface area contributed by atoms with E-state index in [4.69, 9.17) is 19.3 Å². The van der Waals surface area contributed by atoms with Crippen LogP contribution in [0.4, 0.5) is 29.3 Å². The van der Waals surface area contributed by atoms with E-state index < -0.39 is 24.3 Å². The van der Waals surface area contributed by atoms with E-state index in [2.05, 4.69) is 45.0 Å². The first-order chi connectivity index (χ1) is 23.6. The van der Waals surface area contributed by atoms with Crippen LogP contribution in [-0.2, 0) is 20.6 Å². The van der Waals surface area contributed by atoms with Crippen molar-refractivity contribution in [1.82, 2.24) is 4.90 Å². The van der Waals surface area contributed by atoms with Gasteiger partial charge in [0.2, 0.25) is 0 Å². The molecule has 2 heterocycles. The molecular formula is C36H45BrF3N3O6S. The number of alkyl halides is 3. The maximum Gasteiger partial charge on any atom is 0.415 e. The molecule has 1 aliphatic rings. The SMILES string of the molecule is CN1CCC(Nc2cccc3c(CC(F)(F)F)c(C#CCN(C(=O)OC(C)(C)C)c4cc(O)cc(Br)c4)sc23)C(CCOCCOCCO)C1. The van der Waals surface area contributed by atoms with E-state index >= 15 is 0 Å². The number of hydrogen-bond acceptors (Lipinski definition) is 9. The topological polar surface area (TPSA) is 104 Å². The second-order valence-electron chi connectivity index (χ2n) is 13.2. The zero-order valence-corrected chi connectivity index (χ0v) is 31.1. The molecule has 0 radical (unpaired) electrons. The van der Waals surface area contributed by atoms with Crippen LogP contribution in [-0.4, -0.2) is 98.7 Å². The molecule has 2 atom stereocenters. The summed E-state index contributed by atoms with van der Waals surface area (Å²) in [5.74, 6) is 6.01. The maximum atomic E-state index is 13.9. The van der Waals surface area contributed by atoms with Crippen molar-refractivity contribution in [3.8, 4) is 17.6 Å². The van der Waals surface area contributed by atoms with Crippen LogP contribution < -0.4 is 10.2 Å². The molecule has 1 aliphatic heterocycles. The largest absolute Gasteiger partial charge is 0.508 e. The van der Waals surface area contributed by atoms with Crippen LogP contribution in [0.1, 0.15) is 44.1 Å². The van der Waals surface area contributed by atoms with Crippen LogP contribution in [0.25, 0.3) is 10.1 Å². The summed E-state index contributed by atoms with van der Waals surface area (Å²) in [7, 11) is 2.07. The number of hydrogen-bond donors (Lipinski definition) is 3. The van der Waals surface area contributed by atoms with Crippen LogP contribution in [0.2, 0.25) is 0 Å². The van der Waals surface area contributed by atoms with Gasteiger partial charge in [-0.05, 0) is 82.3 Å². The number of anilines is 2. The summed E-state index contributed by atoms with van der Waals surface area (Å²) >= 11 is 4.52. The third kappa shape index (κ3) is 12.0. The minimum Gasteiger partial charge on any atom is -0.508 e. The number of nitrogens with one attached hydrogen (secondary N) is 1. The van der Waals surface area contributed by atoms with E-state index in [0.717, 1.165) is 31.6 Å². The standard InChI is InChI=1S/C36H45BrF3N3O6S/c1-35(2,3)49-34(46)43(26-19-25(37)20-27(45)21-26)12-6-9-32-29(22-36(38,39)40)28-7-5-8-31(33(28)50-32)41-30-10-13-42(4)23-24(30)11-15-47-17-18-48-16-14-44/h5,7-8,19-21,24,30,41,44-45H,10-18,22-23H2,1-4H3. The van der Waals surface area contributed by atoms with Crippen LogP contribution in [0, 0.1) is 17.8 Å². The predicted octanol–water partition coefficient (Wildman–Crippen LogP) is 7.42. The zero-order chi connectivity index (χ0) is 36.5. The highest BCUT2D eigenvalue weighted by Gasteiger charge is 2.32. The Morgan fingerprint density at radius 2 is 1.88 bits per heavy atom. The molecule has 0 spiro atoms. The van der Waals surface area contributed by atoms with Crippen molar-refractivity contribution in [2.75, 3.05) is 69.9 Å². The van der Waals surface area contributed by atoms with Gasteiger partial charge in [0, 0.05) is 29.7 Å². The Bertz CT molecular complexity index is 1630. The van der Waals surface area contributed by atoms with Gasteiger partial charge in [0.25, 0.3) is 0 Å². The number of piperidine rings is 1. The molecule has 0 bridgehead atoms. The Morgan fingerprint density at radius 1 is 1.14 bits per heavy atom. The fraction of sp³-hybridized carbons (Fsp3) is 0.528. The van der Waals surface area contributed by atoms with Crippen molar-refractivity contribution in [3.63, 3.8) is 0 Å². The molecule has 4 rings (SSSR count). The van der Waals surface area contributed by atoms with Crippen molar-refractivity contribution < 1.29 is 42.4 Å². The third-order valence-electron chi connectivity index (χ3n) is 7.95. The van der Waals surface area contributed by atoms with Gasteiger partial charge in [-0.1, -0.05) is 39.9 Å². The number of aromatic hydroxyl groups is 1. The second kappa shape index (κ2) is 17.9. The van der Waals surface area contributed by atoms with E-state index in [0.29, 0.717) is 40.1 Å². The number of aliphatic hydroxyl groups excluding tert-OH is 1. The number of phenols is 1. The molecule has 1 amide bonds. The number of benzene rings is 2. The van der Waals surface area contributed by atoms with Gasteiger partial charge in [-0.15, -0.1) is 11.3 Å². The van der Waals surface area contributed by atoms with Gasteiger partial charge < -0.3 is 34.6 Å². The van der Waals surface area contributed by atoms with Gasteiger partial charge in [0.05, 0.1) is 60.3 Å². The van der Waals surface area contributed by atoms with Crippen molar-refractivity contribution in [3.05, 3.63) is 51.3 Å². The quantitative estimate of drug-likeness (QED) is 0.122. The highest BCUT2D eigenvalue weighted by Crippen LogP contribution is 2.40. The van der Waals surface area contributed by atoms with E-state index in [1.807, 2.05) is 6.07 Å². The fourth-order valence-electron chi connectivity index (χ4n) is 5.77. The number of halogens is 4. The number of carbonyl (C=O) groups is 1. The van der Waals surface area contributed by atoms with E-state index in [9.17, 15) is 23.1 Å². The normalized spacial score (nSPS) is 17.0. The summed E-state index contributed by atoms with van der Waals surface area (Å²) < 4.78 is 59.6.